The van der Waals surface area contributed by atoms with E-state index in [1.807, 2.05) is 18.5 Å². The highest BCUT2D eigenvalue weighted by Crippen LogP contribution is 2.33. The minimum Gasteiger partial charge on any atom is -0.480 e. The summed E-state index contributed by atoms with van der Waals surface area (Å²) in [5, 5.41) is 16.4. The van der Waals surface area contributed by atoms with E-state index in [0.717, 1.165) is 36.3 Å². The van der Waals surface area contributed by atoms with Gasteiger partial charge >= 0.3 is 5.97 Å². The predicted octanol–water partition coefficient (Wildman–Crippen LogP) is 2.07. The first kappa shape index (κ1) is 17.5. The molecule has 1 fully saturated rings. The van der Waals surface area contributed by atoms with Gasteiger partial charge in [0.2, 0.25) is 5.91 Å². The summed E-state index contributed by atoms with van der Waals surface area (Å²) in [6.45, 7) is 8.92. The Morgan fingerprint density at radius 2 is 2.00 bits per heavy atom. The average molecular weight is 321 g/mol. The third-order valence-electron chi connectivity index (χ3n) is 4.31. The molecule has 1 aliphatic rings. The lowest BCUT2D eigenvalue weighted by molar-refractivity contribution is -0.142. The Hall–Kier alpha value is -1.85. The van der Waals surface area contributed by atoms with E-state index < -0.39 is 12.0 Å². The summed E-state index contributed by atoms with van der Waals surface area (Å²) in [6, 6.07) is -0.777. The van der Waals surface area contributed by atoms with Crippen LogP contribution in [0.3, 0.4) is 0 Å². The Morgan fingerprint density at radius 3 is 2.52 bits per heavy atom. The third-order valence-corrected chi connectivity index (χ3v) is 4.31. The lowest BCUT2D eigenvalue weighted by Gasteiger charge is -2.14. The number of aliphatic carboxylic acids is 1. The molecular formula is C17H27N3O3. The molecule has 6 nitrogen and oxygen atoms in total. The second-order valence-corrected chi connectivity index (χ2v) is 7.04. The molecule has 1 aromatic heterocycles. The fourth-order valence-corrected chi connectivity index (χ4v) is 2.83. The van der Waals surface area contributed by atoms with Gasteiger partial charge in [0.05, 0.1) is 12.1 Å². The van der Waals surface area contributed by atoms with Gasteiger partial charge in [-0.15, -0.1) is 0 Å². The lowest BCUT2D eigenvalue weighted by atomic mass is 10.1. The SMILES string of the molecule is Cc1nn(CC(C)C)c(C)c1CC(=O)NC(CC1CC1)C(=O)O. The number of carboxylic acids is 1. The molecule has 1 atom stereocenters. The van der Waals surface area contributed by atoms with Gasteiger partial charge in [0.1, 0.15) is 6.04 Å². The van der Waals surface area contributed by atoms with Crippen LogP contribution in [0.1, 0.15) is 50.1 Å². The maximum Gasteiger partial charge on any atom is 0.326 e. The standard InChI is InChI=1S/C17H27N3O3/c1-10(2)9-20-12(4)14(11(3)19-20)8-16(21)18-15(17(22)23)7-13-5-6-13/h10,13,15H,5-9H2,1-4H3,(H,18,21)(H,22,23). The van der Waals surface area contributed by atoms with Crippen LogP contribution in [0.25, 0.3) is 0 Å². The number of carbonyl (C=O) groups excluding carboxylic acids is 1. The smallest absolute Gasteiger partial charge is 0.326 e. The summed E-state index contributed by atoms with van der Waals surface area (Å²) < 4.78 is 1.93. The van der Waals surface area contributed by atoms with Gasteiger partial charge in [-0.05, 0) is 32.1 Å². The molecule has 1 aliphatic carbocycles. The van der Waals surface area contributed by atoms with E-state index in [0.29, 0.717) is 18.3 Å². The lowest BCUT2D eigenvalue weighted by Crippen LogP contribution is -2.41. The number of hydrogen-bond acceptors (Lipinski definition) is 3. The molecule has 1 unspecified atom stereocenters. The summed E-state index contributed by atoms with van der Waals surface area (Å²) in [5.41, 5.74) is 2.73. The van der Waals surface area contributed by atoms with Gasteiger partial charge in [-0.1, -0.05) is 26.7 Å². The first-order valence-electron chi connectivity index (χ1n) is 8.33. The molecule has 0 bridgehead atoms. The van der Waals surface area contributed by atoms with Crippen LogP contribution in [-0.4, -0.2) is 32.8 Å². The highest BCUT2D eigenvalue weighted by molar-refractivity contribution is 5.85. The van der Waals surface area contributed by atoms with Crippen LogP contribution >= 0.6 is 0 Å². The van der Waals surface area contributed by atoms with Gasteiger partial charge in [-0.2, -0.15) is 5.10 Å². The maximum atomic E-state index is 12.3. The first-order chi connectivity index (χ1) is 10.8. The number of rotatable bonds is 8. The van der Waals surface area contributed by atoms with E-state index >= 15 is 0 Å². The van der Waals surface area contributed by atoms with Gasteiger partial charge in [0.25, 0.3) is 0 Å². The zero-order valence-corrected chi connectivity index (χ0v) is 14.4. The summed E-state index contributed by atoms with van der Waals surface area (Å²) in [5.74, 6) is -0.263. The van der Waals surface area contributed by atoms with Gasteiger partial charge in [-0.3, -0.25) is 9.48 Å². The predicted molar refractivity (Wildman–Crippen MR) is 87.2 cm³/mol. The van der Waals surface area contributed by atoms with Crippen molar-refractivity contribution in [2.24, 2.45) is 11.8 Å². The molecule has 0 radical (unpaired) electrons. The van der Waals surface area contributed by atoms with E-state index in [4.69, 9.17) is 0 Å². The Labute approximate surface area is 137 Å². The molecule has 1 saturated carbocycles. The number of aryl methyl sites for hydroxylation is 1. The van der Waals surface area contributed by atoms with Crippen molar-refractivity contribution in [2.75, 3.05) is 0 Å². The van der Waals surface area contributed by atoms with E-state index in [2.05, 4.69) is 24.3 Å². The molecule has 6 heteroatoms. The monoisotopic (exact) mass is 321 g/mol. The van der Waals surface area contributed by atoms with Crippen molar-refractivity contribution >= 4 is 11.9 Å². The van der Waals surface area contributed by atoms with Gasteiger partial charge in [0.15, 0.2) is 0 Å². The zero-order chi connectivity index (χ0) is 17.1. The number of carbonyl (C=O) groups is 2. The molecular weight excluding hydrogens is 294 g/mol. The van der Waals surface area contributed by atoms with Crippen LogP contribution in [0.5, 0.6) is 0 Å². The summed E-state index contributed by atoms with van der Waals surface area (Å²) in [4.78, 5) is 23.5. The molecule has 1 amide bonds. The minimum absolute atomic E-state index is 0.185. The number of amides is 1. The van der Waals surface area contributed by atoms with Gasteiger partial charge in [-0.25, -0.2) is 4.79 Å². The number of carboxylic acid groups (broad SMARTS) is 1. The van der Waals surface area contributed by atoms with Crippen LogP contribution < -0.4 is 5.32 Å². The van der Waals surface area contributed by atoms with E-state index in [1.165, 1.54) is 0 Å². The summed E-state index contributed by atoms with van der Waals surface area (Å²) in [6.07, 6.45) is 2.86. The summed E-state index contributed by atoms with van der Waals surface area (Å²) in [7, 11) is 0. The number of nitrogens with zero attached hydrogens (tertiary/aromatic N) is 2. The van der Waals surface area contributed by atoms with Crippen LogP contribution in [0.2, 0.25) is 0 Å². The van der Waals surface area contributed by atoms with Crippen molar-refractivity contribution in [3.8, 4) is 0 Å². The van der Waals surface area contributed by atoms with Crippen molar-refractivity contribution < 1.29 is 14.7 Å². The van der Waals surface area contributed by atoms with Gasteiger partial charge < -0.3 is 10.4 Å². The largest absolute Gasteiger partial charge is 0.480 e. The Kier molecular flexibility index (Phi) is 5.44. The molecule has 0 aromatic carbocycles. The minimum atomic E-state index is -0.950. The zero-order valence-electron chi connectivity index (χ0n) is 14.4. The molecule has 1 heterocycles. The van der Waals surface area contributed by atoms with E-state index in [9.17, 15) is 14.7 Å². The Morgan fingerprint density at radius 1 is 1.35 bits per heavy atom. The molecule has 128 valence electrons. The maximum absolute atomic E-state index is 12.3. The van der Waals surface area contributed by atoms with Crippen molar-refractivity contribution in [3.63, 3.8) is 0 Å². The second kappa shape index (κ2) is 7.15. The van der Waals surface area contributed by atoms with Crippen LogP contribution in [0, 0.1) is 25.7 Å². The fourth-order valence-electron chi connectivity index (χ4n) is 2.83. The van der Waals surface area contributed by atoms with Crippen molar-refractivity contribution in [1.29, 1.82) is 0 Å². The molecule has 0 saturated heterocycles. The molecule has 23 heavy (non-hydrogen) atoms. The van der Waals surface area contributed by atoms with Gasteiger partial charge in [0, 0.05) is 17.8 Å². The van der Waals surface area contributed by atoms with Crippen LogP contribution in [0.4, 0.5) is 0 Å². The normalized spacial score (nSPS) is 15.7. The molecule has 2 rings (SSSR count). The molecule has 0 aliphatic heterocycles. The molecule has 2 N–H and O–H groups in total. The summed E-state index contributed by atoms with van der Waals surface area (Å²) >= 11 is 0. The van der Waals surface area contributed by atoms with Crippen LogP contribution in [-0.2, 0) is 22.6 Å². The van der Waals surface area contributed by atoms with E-state index in [-0.39, 0.29) is 12.3 Å². The van der Waals surface area contributed by atoms with E-state index in [1.54, 1.807) is 0 Å². The number of aromatic nitrogens is 2. The Bertz CT molecular complexity index is 588. The molecule has 1 aromatic rings. The van der Waals surface area contributed by atoms with Crippen molar-refractivity contribution in [3.05, 3.63) is 17.0 Å². The topological polar surface area (TPSA) is 84.2 Å². The highest BCUT2D eigenvalue weighted by Gasteiger charge is 2.30. The number of nitrogens with one attached hydrogen (secondary N) is 1. The Balaban J connectivity index is 2.01. The first-order valence-corrected chi connectivity index (χ1v) is 8.33. The number of hydrogen-bond donors (Lipinski definition) is 2. The second-order valence-electron chi connectivity index (χ2n) is 7.04. The van der Waals surface area contributed by atoms with Crippen LogP contribution in [0.15, 0.2) is 0 Å². The molecule has 0 spiro atoms. The highest BCUT2D eigenvalue weighted by atomic mass is 16.4. The van der Waals surface area contributed by atoms with Crippen molar-refractivity contribution in [2.45, 2.75) is 66.0 Å². The average Bonchev–Trinajstić information content (AvgIpc) is 3.21. The third kappa shape index (κ3) is 4.81. The fraction of sp³-hybridized carbons (Fsp3) is 0.706. The van der Waals surface area contributed by atoms with Crippen molar-refractivity contribution in [1.82, 2.24) is 15.1 Å². The quantitative estimate of drug-likeness (QED) is 0.767.